The molecule has 2 N–H and O–H groups in total. The van der Waals surface area contributed by atoms with Crippen LogP contribution in [0.25, 0.3) is 5.69 Å². The van der Waals surface area contributed by atoms with Gasteiger partial charge in [-0.1, -0.05) is 12.1 Å². The molecule has 0 aliphatic rings. The number of phenols is 1. The number of amides is 1. The van der Waals surface area contributed by atoms with E-state index in [9.17, 15) is 23.1 Å². The van der Waals surface area contributed by atoms with Crippen molar-refractivity contribution in [2.75, 3.05) is 6.61 Å². The second kappa shape index (κ2) is 8.11. The Bertz CT molecular complexity index is 1020. The summed E-state index contributed by atoms with van der Waals surface area (Å²) < 4.78 is 45.3. The predicted octanol–water partition coefficient (Wildman–Crippen LogP) is 3.62. The first kappa shape index (κ1) is 20.6. The number of hydrogen-bond acceptors (Lipinski definition) is 6. The molecule has 1 atom stereocenters. The number of carbonyl (C=O) groups is 1. The number of nitrogens with zero attached hydrogens (tertiary/aromatic N) is 3. The number of aryl methyl sites for hydroxylation is 1. The SMILES string of the molecule is Cc1nc(C(C)NC(=O)COc2cc(C(F)(F)F)nn2-c2ccccc2O)cs1. The zero-order valence-electron chi connectivity index (χ0n) is 15.4. The van der Waals surface area contributed by atoms with Crippen molar-refractivity contribution in [2.45, 2.75) is 26.1 Å². The van der Waals surface area contributed by atoms with E-state index in [4.69, 9.17) is 4.74 Å². The molecule has 0 aliphatic heterocycles. The molecule has 154 valence electrons. The molecule has 0 fully saturated rings. The Morgan fingerprint density at radius 3 is 2.72 bits per heavy atom. The third-order valence-electron chi connectivity index (χ3n) is 3.89. The largest absolute Gasteiger partial charge is 0.506 e. The molecule has 3 aromatic rings. The van der Waals surface area contributed by atoms with Crippen molar-refractivity contribution in [2.24, 2.45) is 0 Å². The second-order valence-electron chi connectivity index (χ2n) is 6.14. The fourth-order valence-corrected chi connectivity index (χ4v) is 3.20. The summed E-state index contributed by atoms with van der Waals surface area (Å²) in [6.07, 6.45) is -4.72. The number of aromatic nitrogens is 3. The van der Waals surface area contributed by atoms with Crippen LogP contribution >= 0.6 is 11.3 Å². The molecule has 7 nitrogen and oxygen atoms in total. The van der Waals surface area contributed by atoms with Gasteiger partial charge < -0.3 is 15.2 Å². The first-order chi connectivity index (χ1) is 13.6. The minimum atomic E-state index is -4.72. The summed E-state index contributed by atoms with van der Waals surface area (Å²) in [7, 11) is 0. The number of phenolic OH excluding ortho intramolecular Hbond substituents is 1. The van der Waals surface area contributed by atoms with Crippen LogP contribution in [0.4, 0.5) is 13.2 Å². The fraction of sp³-hybridized carbons (Fsp3) is 0.278. The van der Waals surface area contributed by atoms with Crippen LogP contribution in [0.1, 0.15) is 29.4 Å². The van der Waals surface area contributed by atoms with Crippen LogP contribution in [-0.4, -0.2) is 32.4 Å². The monoisotopic (exact) mass is 426 g/mol. The summed E-state index contributed by atoms with van der Waals surface area (Å²) in [5.41, 5.74) is -0.536. The molecule has 1 unspecified atom stereocenters. The molecule has 11 heteroatoms. The number of aromatic hydroxyl groups is 1. The summed E-state index contributed by atoms with van der Waals surface area (Å²) >= 11 is 1.44. The zero-order valence-corrected chi connectivity index (χ0v) is 16.2. The average Bonchev–Trinajstić information content (AvgIpc) is 3.26. The van der Waals surface area contributed by atoms with Crippen LogP contribution in [0.3, 0.4) is 0 Å². The van der Waals surface area contributed by atoms with Crippen LogP contribution in [0.5, 0.6) is 11.6 Å². The Labute approximate surface area is 167 Å². The van der Waals surface area contributed by atoms with Crippen LogP contribution in [0.2, 0.25) is 0 Å². The third kappa shape index (κ3) is 4.86. The Morgan fingerprint density at radius 2 is 2.10 bits per heavy atom. The molecule has 0 aliphatic carbocycles. The molecule has 2 heterocycles. The van der Waals surface area contributed by atoms with E-state index in [1.807, 2.05) is 12.3 Å². The zero-order chi connectivity index (χ0) is 21.2. The number of hydrogen-bond donors (Lipinski definition) is 2. The van der Waals surface area contributed by atoms with Gasteiger partial charge in [0.2, 0.25) is 5.88 Å². The first-order valence-electron chi connectivity index (χ1n) is 8.45. The lowest BCUT2D eigenvalue weighted by molar-refractivity contribution is -0.141. The minimum absolute atomic E-state index is 0.00951. The number of alkyl halides is 3. The van der Waals surface area contributed by atoms with Crippen molar-refractivity contribution in [1.82, 2.24) is 20.1 Å². The molecule has 0 spiro atoms. The van der Waals surface area contributed by atoms with Crippen molar-refractivity contribution in [3.05, 3.63) is 52.1 Å². The van der Waals surface area contributed by atoms with Gasteiger partial charge in [-0.25, -0.2) is 4.98 Å². The molecular formula is C18H17F3N4O3S. The van der Waals surface area contributed by atoms with Gasteiger partial charge >= 0.3 is 6.18 Å². The van der Waals surface area contributed by atoms with Gasteiger partial charge in [0.15, 0.2) is 12.3 Å². The number of carbonyl (C=O) groups excluding carboxylic acids is 1. The van der Waals surface area contributed by atoms with E-state index >= 15 is 0 Å². The lowest BCUT2D eigenvalue weighted by Gasteiger charge is -2.13. The highest BCUT2D eigenvalue weighted by molar-refractivity contribution is 7.09. The van der Waals surface area contributed by atoms with Gasteiger partial charge in [0.1, 0.15) is 11.4 Å². The van der Waals surface area contributed by atoms with E-state index in [2.05, 4.69) is 15.4 Å². The number of benzene rings is 1. The highest BCUT2D eigenvalue weighted by atomic mass is 32.1. The van der Waals surface area contributed by atoms with Gasteiger partial charge in [-0.15, -0.1) is 11.3 Å². The lowest BCUT2D eigenvalue weighted by atomic mass is 10.2. The minimum Gasteiger partial charge on any atom is -0.506 e. The van der Waals surface area contributed by atoms with E-state index < -0.39 is 24.4 Å². The van der Waals surface area contributed by atoms with E-state index in [-0.39, 0.29) is 23.4 Å². The topological polar surface area (TPSA) is 89.3 Å². The molecule has 0 saturated heterocycles. The van der Waals surface area contributed by atoms with Crippen LogP contribution in [0.15, 0.2) is 35.7 Å². The van der Waals surface area contributed by atoms with Crippen molar-refractivity contribution in [1.29, 1.82) is 0 Å². The fourth-order valence-electron chi connectivity index (χ4n) is 2.50. The normalized spacial score (nSPS) is 12.6. The van der Waals surface area contributed by atoms with Crippen molar-refractivity contribution < 1.29 is 27.8 Å². The molecule has 1 amide bonds. The number of rotatable bonds is 6. The number of para-hydroxylation sites is 2. The van der Waals surface area contributed by atoms with Gasteiger partial charge in [0.05, 0.1) is 16.7 Å². The predicted molar refractivity (Wildman–Crippen MR) is 99.1 cm³/mol. The van der Waals surface area contributed by atoms with E-state index in [1.165, 1.54) is 35.6 Å². The van der Waals surface area contributed by atoms with Crippen LogP contribution < -0.4 is 10.1 Å². The van der Waals surface area contributed by atoms with Gasteiger partial charge in [-0.05, 0) is 26.0 Å². The molecule has 1 aromatic carbocycles. The molecule has 0 radical (unpaired) electrons. The van der Waals surface area contributed by atoms with Crippen LogP contribution in [-0.2, 0) is 11.0 Å². The quantitative estimate of drug-likeness (QED) is 0.629. The first-order valence-corrected chi connectivity index (χ1v) is 9.33. The van der Waals surface area contributed by atoms with Crippen LogP contribution in [0, 0.1) is 6.92 Å². The van der Waals surface area contributed by atoms with Crippen molar-refractivity contribution in [3.8, 4) is 17.3 Å². The smallest absolute Gasteiger partial charge is 0.435 e. The lowest BCUT2D eigenvalue weighted by Crippen LogP contribution is -2.31. The highest BCUT2D eigenvalue weighted by Gasteiger charge is 2.36. The summed E-state index contributed by atoms with van der Waals surface area (Å²) in [4.78, 5) is 16.4. The number of thiazole rings is 1. The molecular weight excluding hydrogens is 409 g/mol. The second-order valence-corrected chi connectivity index (χ2v) is 7.20. The maximum Gasteiger partial charge on any atom is 0.435 e. The van der Waals surface area contributed by atoms with E-state index in [0.29, 0.717) is 11.8 Å². The molecule has 2 aromatic heterocycles. The summed E-state index contributed by atoms with van der Waals surface area (Å²) in [5, 5.41) is 18.7. The maximum absolute atomic E-state index is 13.1. The summed E-state index contributed by atoms with van der Waals surface area (Å²) in [5.74, 6) is -1.15. The summed E-state index contributed by atoms with van der Waals surface area (Å²) in [6.45, 7) is 3.04. The Balaban J connectivity index is 1.76. The molecule has 0 bridgehead atoms. The average molecular weight is 426 g/mol. The Morgan fingerprint density at radius 1 is 1.38 bits per heavy atom. The number of nitrogens with one attached hydrogen (secondary N) is 1. The Kier molecular flexibility index (Phi) is 5.78. The molecule has 0 saturated carbocycles. The van der Waals surface area contributed by atoms with Gasteiger partial charge in [0.25, 0.3) is 5.91 Å². The van der Waals surface area contributed by atoms with E-state index in [1.54, 1.807) is 6.92 Å². The van der Waals surface area contributed by atoms with Gasteiger partial charge in [0, 0.05) is 11.4 Å². The Hall–Kier alpha value is -3.08. The van der Waals surface area contributed by atoms with Gasteiger partial charge in [-0.3, -0.25) is 4.79 Å². The van der Waals surface area contributed by atoms with Crippen molar-refractivity contribution >= 4 is 17.2 Å². The maximum atomic E-state index is 13.1. The number of halogens is 3. The molecule has 29 heavy (non-hydrogen) atoms. The molecule has 3 rings (SSSR count). The standard InChI is InChI=1S/C18H17F3N4O3S/c1-10(12-9-29-11(2)23-12)22-16(27)8-28-17-7-15(18(19,20)21)24-25(17)13-5-3-4-6-14(13)26/h3-7,9-10,26H,8H2,1-2H3,(H,22,27). The van der Waals surface area contributed by atoms with Gasteiger partial charge in [-0.2, -0.15) is 23.0 Å². The summed E-state index contributed by atoms with van der Waals surface area (Å²) in [6, 6.07) is 6.01. The highest BCUT2D eigenvalue weighted by Crippen LogP contribution is 2.33. The number of ether oxygens (including phenoxy) is 1. The third-order valence-corrected chi connectivity index (χ3v) is 4.68. The van der Waals surface area contributed by atoms with E-state index in [0.717, 1.165) is 9.69 Å². The van der Waals surface area contributed by atoms with Crippen molar-refractivity contribution in [3.63, 3.8) is 0 Å².